The normalized spacial score (nSPS) is 29.6. The molecule has 5 N–H and O–H groups in total. The predicted molar refractivity (Wildman–Crippen MR) is 128 cm³/mol. The van der Waals surface area contributed by atoms with Crippen molar-refractivity contribution in [2.24, 2.45) is 17.6 Å². The largest absolute Gasteiger partial charge is 0.390 e. The lowest BCUT2D eigenvalue weighted by Gasteiger charge is -2.44. The number of nitrogens with one attached hydrogen (secondary N) is 1. The summed E-state index contributed by atoms with van der Waals surface area (Å²) in [5.41, 5.74) is 7.11. The molecule has 5 atom stereocenters. The molecule has 5 rings (SSSR count). The summed E-state index contributed by atoms with van der Waals surface area (Å²) in [6.07, 6.45) is 2.64. The molecular formula is C23H28N6O4S. The van der Waals surface area contributed by atoms with Crippen LogP contribution in [0.5, 0.6) is 0 Å². The number of hydrogen-bond acceptors (Lipinski definition) is 6. The van der Waals surface area contributed by atoms with Crippen LogP contribution in [0.3, 0.4) is 0 Å². The molecule has 3 heterocycles. The van der Waals surface area contributed by atoms with Crippen molar-refractivity contribution in [3.63, 3.8) is 0 Å². The average Bonchev–Trinajstić information content (AvgIpc) is 3.49. The van der Waals surface area contributed by atoms with Crippen LogP contribution in [0.4, 0.5) is 5.69 Å². The monoisotopic (exact) mass is 484 g/mol. The lowest BCUT2D eigenvalue weighted by molar-refractivity contribution is -0.144. The number of rotatable bonds is 4. The topological polar surface area (TPSA) is 137 Å². The number of anilines is 1. The first-order valence-electron chi connectivity index (χ1n) is 11.5. The molecule has 10 nitrogen and oxygen atoms in total. The van der Waals surface area contributed by atoms with Gasteiger partial charge in [-0.1, -0.05) is 0 Å². The molecule has 180 valence electrons. The zero-order valence-electron chi connectivity index (χ0n) is 18.5. The number of piperidine rings is 1. The first kappa shape index (κ1) is 22.8. The van der Waals surface area contributed by atoms with Crippen molar-refractivity contribution < 1.29 is 19.8 Å². The molecule has 0 spiro atoms. The van der Waals surface area contributed by atoms with Crippen LogP contribution in [0, 0.1) is 11.8 Å². The number of carbonyl (C=O) groups excluding carboxylic acids is 2. The van der Waals surface area contributed by atoms with Gasteiger partial charge in [-0.2, -0.15) is 5.10 Å². The molecule has 2 aromatic rings. The molecular weight excluding hydrogens is 456 g/mol. The van der Waals surface area contributed by atoms with E-state index in [1.807, 2.05) is 41.4 Å². The van der Waals surface area contributed by atoms with Gasteiger partial charge in [0.05, 0.1) is 29.8 Å². The minimum absolute atomic E-state index is 0.103. The number of primary amides is 1. The number of aliphatic hydroxyl groups is 2. The summed E-state index contributed by atoms with van der Waals surface area (Å²) < 4.78 is 1.75. The molecule has 5 unspecified atom stereocenters. The van der Waals surface area contributed by atoms with E-state index in [1.165, 1.54) is 0 Å². The third-order valence-corrected chi connectivity index (χ3v) is 7.58. The quantitative estimate of drug-likeness (QED) is 0.437. The van der Waals surface area contributed by atoms with Gasteiger partial charge in [-0.25, -0.2) is 4.68 Å². The van der Waals surface area contributed by atoms with Crippen LogP contribution in [-0.2, 0) is 9.59 Å². The van der Waals surface area contributed by atoms with Crippen LogP contribution in [0.15, 0.2) is 42.7 Å². The maximum absolute atomic E-state index is 13.6. The van der Waals surface area contributed by atoms with Gasteiger partial charge >= 0.3 is 0 Å². The zero-order chi connectivity index (χ0) is 24.0. The van der Waals surface area contributed by atoms with Crippen molar-refractivity contribution in [1.82, 2.24) is 20.0 Å². The van der Waals surface area contributed by atoms with E-state index < -0.39 is 30.2 Å². The molecule has 0 radical (unpaired) electrons. The van der Waals surface area contributed by atoms with Crippen molar-refractivity contribution >= 4 is 34.8 Å². The highest BCUT2D eigenvalue weighted by molar-refractivity contribution is 7.80. The van der Waals surface area contributed by atoms with Crippen LogP contribution in [0.2, 0.25) is 0 Å². The maximum Gasteiger partial charge on any atom is 0.227 e. The minimum Gasteiger partial charge on any atom is -0.390 e. The summed E-state index contributed by atoms with van der Waals surface area (Å²) in [5.74, 6) is -1.24. The molecule has 3 aliphatic rings. The van der Waals surface area contributed by atoms with E-state index in [9.17, 15) is 19.8 Å². The maximum atomic E-state index is 13.6. The SMILES string of the molecule is NC(=O)C1CCN(C(=O)C2CC(O)C(O)C3NC(=S)N(c4ccc(-n5cccn5)cc4)C23)CC1. The van der Waals surface area contributed by atoms with Gasteiger partial charge in [0.1, 0.15) is 6.10 Å². The van der Waals surface area contributed by atoms with Crippen LogP contribution < -0.4 is 16.0 Å². The van der Waals surface area contributed by atoms with Crippen LogP contribution >= 0.6 is 12.2 Å². The van der Waals surface area contributed by atoms with E-state index in [1.54, 1.807) is 15.8 Å². The number of aromatic nitrogens is 2. The molecule has 1 aromatic heterocycles. The number of benzene rings is 1. The van der Waals surface area contributed by atoms with Crippen molar-refractivity contribution in [3.8, 4) is 5.69 Å². The Kier molecular flexibility index (Phi) is 6.00. The fourth-order valence-corrected chi connectivity index (χ4v) is 5.80. The van der Waals surface area contributed by atoms with Gasteiger partial charge in [0.25, 0.3) is 0 Å². The number of thiocarbonyl (C=S) groups is 1. The van der Waals surface area contributed by atoms with Crippen molar-refractivity contribution in [2.75, 3.05) is 18.0 Å². The number of hydrogen-bond donors (Lipinski definition) is 4. The van der Waals surface area contributed by atoms with E-state index in [2.05, 4.69) is 10.4 Å². The summed E-state index contributed by atoms with van der Waals surface area (Å²) >= 11 is 5.61. The van der Waals surface area contributed by atoms with E-state index in [0.29, 0.717) is 31.0 Å². The highest BCUT2D eigenvalue weighted by Crippen LogP contribution is 2.38. The third-order valence-electron chi connectivity index (χ3n) is 7.27. The summed E-state index contributed by atoms with van der Waals surface area (Å²) in [7, 11) is 0. The van der Waals surface area contributed by atoms with E-state index in [-0.39, 0.29) is 24.2 Å². The highest BCUT2D eigenvalue weighted by atomic mass is 32.1. The number of amides is 2. The van der Waals surface area contributed by atoms with Gasteiger partial charge in [-0.05, 0) is 61.8 Å². The average molecular weight is 485 g/mol. The molecule has 1 aromatic carbocycles. The first-order valence-corrected chi connectivity index (χ1v) is 11.9. The standard InChI is InChI=1S/C23H28N6O4S/c24-21(32)13-6-10-27(11-7-13)22(33)16-12-17(30)20(31)18-19(16)29(23(34)26-18)15-4-2-14(3-5-15)28-9-1-8-25-28/h1-5,8-9,13,16-20,30-31H,6-7,10-12H2,(H2,24,32)(H,26,34). The molecule has 2 amide bonds. The fourth-order valence-electron chi connectivity index (χ4n) is 5.43. The van der Waals surface area contributed by atoms with Gasteiger partial charge in [0.2, 0.25) is 11.8 Å². The van der Waals surface area contributed by atoms with Gasteiger partial charge in [-0.15, -0.1) is 0 Å². The fraction of sp³-hybridized carbons (Fsp3) is 0.478. The van der Waals surface area contributed by atoms with E-state index in [4.69, 9.17) is 18.0 Å². The summed E-state index contributed by atoms with van der Waals surface area (Å²) in [6.45, 7) is 0.880. The predicted octanol–water partition coefficient (Wildman–Crippen LogP) is -0.230. The Balaban J connectivity index is 1.42. The van der Waals surface area contributed by atoms with Crippen LogP contribution in [0.1, 0.15) is 19.3 Å². The number of aliphatic hydroxyl groups excluding tert-OH is 2. The molecule has 2 aliphatic heterocycles. The van der Waals surface area contributed by atoms with Crippen molar-refractivity contribution in [3.05, 3.63) is 42.7 Å². The Morgan fingerprint density at radius 3 is 2.41 bits per heavy atom. The van der Waals surface area contributed by atoms with Gasteiger partial charge < -0.3 is 31.1 Å². The number of nitrogens with two attached hydrogens (primary N) is 1. The first-order chi connectivity index (χ1) is 16.3. The van der Waals surface area contributed by atoms with Crippen molar-refractivity contribution in [2.45, 2.75) is 43.6 Å². The molecule has 34 heavy (non-hydrogen) atoms. The number of carbonyl (C=O) groups is 2. The van der Waals surface area contributed by atoms with E-state index in [0.717, 1.165) is 11.4 Å². The number of likely N-dealkylation sites (tertiary alicyclic amines) is 1. The molecule has 3 fully saturated rings. The lowest BCUT2D eigenvalue weighted by atomic mass is 9.76. The second-order valence-corrected chi connectivity index (χ2v) is 9.59. The van der Waals surface area contributed by atoms with Crippen molar-refractivity contribution in [1.29, 1.82) is 0 Å². The summed E-state index contributed by atoms with van der Waals surface area (Å²) in [6, 6.07) is 8.45. The summed E-state index contributed by atoms with van der Waals surface area (Å²) in [4.78, 5) is 28.8. The van der Waals surface area contributed by atoms with E-state index >= 15 is 0 Å². The van der Waals surface area contributed by atoms with Gasteiger partial charge in [0.15, 0.2) is 5.11 Å². The second kappa shape index (κ2) is 8.97. The Morgan fingerprint density at radius 2 is 1.79 bits per heavy atom. The van der Waals surface area contributed by atoms with Gasteiger partial charge in [-0.3, -0.25) is 9.59 Å². The lowest BCUT2D eigenvalue weighted by Crippen LogP contribution is -2.61. The Labute approximate surface area is 202 Å². The van der Waals surface area contributed by atoms with Gasteiger partial charge in [0, 0.05) is 37.1 Å². The molecule has 11 heteroatoms. The van der Waals surface area contributed by atoms with Crippen LogP contribution in [0.25, 0.3) is 5.69 Å². The molecule has 2 saturated heterocycles. The summed E-state index contributed by atoms with van der Waals surface area (Å²) in [5, 5.41) is 29.0. The smallest absolute Gasteiger partial charge is 0.227 e. The molecule has 1 aliphatic carbocycles. The Morgan fingerprint density at radius 1 is 1.12 bits per heavy atom. The molecule has 0 bridgehead atoms. The zero-order valence-corrected chi connectivity index (χ0v) is 19.3. The second-order valence-electron chi connectivity index (χ2n) is 9.20. The highest BCUT2D eigenvalue weighted by Gasteiger charge is 2.54. The Hall–Kier alpha value is -3.02. The number of nitrogens with zero attached hydrogens (tertiary/aromatic N) is 4. The number of fused-ring (bicyclic) bond motifs is 1. The van der Waals surface area contributed by atoms with Crippen LogP contribution in [-0.4, -0.2) is 79.2 Å². The third kappa shape index (κ3) is 3.93. The Bertz CT molecular complexity index is 1070. The minimum atomic E-state index is -1.05. The molecule has 1 saturated carbocycles.